The molecule has 0 spiro atoms. The molecular weight excluding hydrogens is 312 g/mol. The zero-order valence-electron chi connectivity index (χ0n) is 12.5. The van der Waals surface area contributed by atoms with Gasteiger partial charge in [-0.2, -0.15) is 5.10 Å². The summed E-state index contributed by atoms with van der Waals surface area (Å²) in [6, 6.07) is 12.6. The summed E-state index contributed by atoms with van der Waals surface area (Å²) in [5.74, 6) is -0.155. The van der Waals surface area contributed by atoms with Gasteiger partial charge in [0.05, 0.1) is 17.9 Å². The number of hydrogen-bond donors (Lipinski definition) is 1. The first-order chi connectivity index (χ1) is 11.1. The number of hydrogen-bond acceptors (Lipinski definition) is 3. The minimum Gasteiger partial charge on any atom is -0.346 e. The van der Waals surface area contributed by atoms with Crippen molar-refractivity contribution in [2.75, 3.05) is 0 Å². The van der Waals surface area contributed by atoms with Crippen LogP contribution in [0.1, 0.15) is 16.1 Å². The predicted molar refractivity (Wildman–Crippen MR) is 89.1 cm³/mol. The predicted octanol–water partition coefficient (Wildman–Crippen LogP) is 3.07. The van der Waals surface area contributed by atoms with Crippen molar-refractivity contribution in [3.63, 3.8) is 0 Å². The van der Waals surface area contributed by atoms with E-state index in [0.717, 1.165) is 17.0 Å². The molecule has 2 aromatic heterocycles. The fourth-order valence-corrected chi connectivity index (χ4v) is 2.41. The summed E-state index contributed by atoms with van der Waals surface area (Å²) >= 11 is 5.82. The van der Waals surface area contributed by atoms with Crippen molar-refractivity contribution < 1.29 is 4.79 Å². The topological polar surface area (TPSA) is 59.8 Å². The van der Waals surface area contributed by atoms with Crippen LogP contribution in [0.4, 0.5) is 0 Å². The summed E-state index contributed by atoms with van der Waals surface area (Å²) in [6.07, 6.45) is 3.48. The first-order valence-electron chi connectivity index (χ1n) is 7.10. The van der Waals surface area contributed by atoms with Gasteiger partial charge in [-0.05, 0) is 42.5 Å². The number of halogens is 1. The number of carbonyl (C=O) groups excluding carboxylic acids is 1. The lowest BCUT2D eigenvalue weighted by atomic mass is 10.2. The highest BCUT2D eigenvalue weighted by Gasteiger charge is 2.09. The molecule has 3 aromatic rings. The van der Waals surface area contributed by atoms with E-state index >= 15 is 0 Å². The highest BCUT2D eigenvalue weighted by Crippen LogP contribution is 2.18. The molecule has 0 atom stereocenters. The molecule has 0 aliphatic carbocycles. The van der Waals surface area contributed by atoms with Crippen molar-refractivity contribution in [1.29, 1.82) is 0 Å². The molecule has 1 amide bonds. The maximum absolute atomic E-state index is 12.1. The van der Waals surface area contributed by atoms with E-state index in [1.165, 1.54) is 0 Å². The van der Waals surface area contributed by atoms with Crippen LogP contribution in [-0.4, -0.2) is 20.7 Å². The average Bonchev–Trinajstić information content (AvgIpc) is 2.95. The molecule has 1 aromatic carbocycles. The monoisotopic (exact) mass is 326 g/mol. The highest BCUT2D eigenvalue weighted by molar-refractivity contribution is 6.30. The van der Waals surface area contributed by atoms with Gasteiger partial charge in [0.25, 0.3) is 5.91 Å². The SMILES string of the molecule is Cn1nc(CNC(=O)c2ccc(Cl)cc2)cc1-c1ccncc1. The second kappa shape index (κ2) is 6.62. The number of amides is 1. The normalized spacial score (nSPS) is 10.5. The Kier molecular flexibility index (Phi) is 4.39. The second-order valence-corrected chi connectivity index (χ2v) is 5.51. The number of rotatable bonds is 4. The third-order valence-electron chi connectivity index (χ3n) is 3.44. The molecule has 0 aliphatic heterocycles. The minimum absolute atomic E-state index is 0.155. The maximum atomic E-state index is 12.1. The van der Waals surface area contributed by atoms with Gasteiger partial charge in [0.1, 0.15) is 0 Å². The summed E-state index contributed by atoms with van der Waals surface area (Å²) in [6.45, 7) is 0.361. The summed E-state index contributed by atoms with van der Waals surface area (Å²) in [4.78, 5) is 16.1. The van der Waals surface area contributed by atoms with E-state index in [1.807, 2.05) is 25.2 Å². The molecule has 0 radical (unpaired) electrons. The van der Waals surface area contributed by atoms with Gasteiger partial charge >= 0.3 is 0 Å². The molecule has 1 N–H and O–H groups in total. The summed E-state index contributed by atoms with van der Waals surface area (Å²) in [5, 5.41) is 7.89. The van der Waals surface area contributed by atoms with Gasteiger partial charge in [-0.1, -0.05) is 11.6 Å². The minimum atomic E-state index is -0.155. The first kappa shape index (κ1) is 15.2. The number of benzene rings is 1. The molecule has 23 heavy (non-hydrogen) atoms. The van der Waals surface area contributed by atoms with Crippen molar-refractivity contribution >= 4 is 17.5 Å². The zero-order valence-corrected chi connectivity index (χ0v) is 13.3. The summed E-state index contributed by atoms with van der Waals surface area (Å²) < 4.78 is 1.79. The van der Waals surface area contributed by atoms with Crippen LogP contribution in [0.25, 0.3) is 11.3 Å². The molecule has 0 saturated carbocycles. The van der Waals surface area contributed by atoms with Gasteiger partial charge in [0, 0.05) is 35.6 Å². The molecule has 2 heterocycles. The largest absolute Gasteiger partial charge is 0.346 e. The Labute approximate surface area is 138 Å². The van der Waals surface area contributed by atoms with Crippen LogP contribution < -0.4 is 5.32 Å². The standard InChI is InChI=1S/C17H15ClN4O/c1-22-16(12-6-8-19-9-7-12)10-15(21-22)11-20-17(23)13-2-4-14(18)5-3-13/h2-10H,11H2,1H3,(H,20,23). The van der Waals surface area contributed by atoms with Gasteiger partial charge in [-0.15, -0.1) is 0 Å². The smallest absolute Gasteiger partial charge is 0.251 e. The Bertz CT molecular complexity index is 812. The molecule has 0 fully saturated rings. The Balaban J connectivity index is 1.69. The number of aromatic nitrogens is 3. The van der Waals surface area contributed by atoms with Crippen molar-refractivity contribution in [3.05, 3.63) is 71.1 Å². The zero-order chi connectivity index (χ0) is 16.2. The van der Waals surface area contributed by atoms with Gasteiger partial charge < -0.3 is 5.32 Å². The van der Waals surface area contributed by atoms with Gasteiger partial charge in [0.15, 0.2) is 0 Å². The third-order valence-corrected chi connectivity index (χ3v) is 3.69. The fraction of sp³-hybridized carbons (Fsp3) is 0.118. The lowest BCUT2D eigenvalue weighted by Gasteiger charge is -2.03. The van der Waals surface area contributed by atoms with Crippen molar-refractivity contribution in [2.24, 2.45) is 7.05 Å². The van der Waals surface area contributed by atoms with Crippen molar-refractivity contribution in [1.82, 2.24) is 20.1 Å². The lowest BCUT2D eigenvalue weighted by Crippen LogP contribution is -2.22. The Hall–Kier alpha value is -2.66. The second-order valence-electron chi connectivity index (χ2n) is 5.07. The van der Waals surface area contributed by atoms with Crippen LogP contribution in [0.3, 0.4) is 0 Å². The Morgan fingerprint density at radius 1 is 1.17 bits per heavy atom. The molecule has 116 valence electrons. The van der Waals surface area contributed by atoms with E-state index in [0.29, 0.717) is 17.1 Å². The number of carbonyl (C=O) groups is 1. The molecule has 3 rings (SSSR count). The van der Waals surface area contributed by atoms with E-state index in [9.17, 15) is 4.79 Å². The number of nitrogens with zero attached hydrogens (tertiary/aromatic N) is 3. The average molecular weight is 327 g/mol. The lowest BCUT2D eigenvalue weighted by molar-refractivity contribution is 0.0950. The fourth-order valence-electron chi connectivity index (χ4n) is 2.28. The van der Waals surface area contributed by atoms with E-state index in [2.05, 4.69) is 15.4 Å². The summed E-state index contributed by atoms with van der Waals surface area (Å²) in [7, 11) is 1.88. The van der Waals surface area contributed by atoms with Crippen LogP contribution in [0.2, 0.25) is 5.02 Å². The maximum Gasteiger partial charge on any atom is 0.251 e. The van der Waals surface area contributed by atoms with Crippen LogP contribution in [0.15, 0.2) is 54.9 Å². The highest BCUT2D eigenvalue weighted by atomic mass is 35.5. The van der Waals surface area contributed by atoms with Crippen molar-refractivity contribution in [3.8, 4) is 11.3 Å². The van der Waals surface area contributed by atoms with Gasteiger partial charge in [0.2, 0.25) is 0 Å². The molecular formula is C17H15ClN4O. The summed E-state index contributed by atoms with van der Waals surface area (Å²) in [5.41, 5.74) is 3.37. The molecule has 0 unspecified atom stereocenters. The van der Waals surface area contributed by atoms with E-state index < -0.39 is 0 Å². The quantitative estimate of drug-likeness (QED) is 0.801. The van der Waals surface area contributed by atoms with E-state index in [1.54, 1.807) is 41.3 Å². The van der Waals surface area contributed by atoms with E-state index in [4.69, 9.17) is 11.6 Å². The van der Waals surface area contributed by atoms with Crippen LogP contribution >= 0.6 is 11.6 Å². The molecule has 6 heteroatoms. The molecule has 5 nitrogen and oxygen atoms in total. The van der Waals surface area contributed by atoms with Crippen LogP contribution in [0.5, 0.6) is 0 Å². The molecule has 0 saturated heterocycles. The Morgan fingerprint density at radius 2 is 1.87 bits per heavy atom. The van der Waals surface area contributed by atoms with Crippen LogP contribution in [0, 0.1) is 0 Å². The van der Waals surface area contributed by atoms with Gasteiger partial charge in [-0.25, -0.2) is 0 Å². The van der Waals surface area contributed by atoms with Crippen molar-refractivity contribution in [2.45, 2.75) is 6.54 Å². The number of nitrogens with one attached hydrogen (secondary N) is 1. The number of pyridine rings is 1. The Morgan fingerprint density at radius 3 is 2.57 bits per heavy atom. The van der Waals surface area contributed by atoms with Gasteiger partial charge in [-0.3, -0.25) is 14.5 Å². The third kappa shape index (κ3) is 3.57. The number of aryl methyl sites for hydroxylation is 1. The first-order valence-corrected chi connectivity index (χ1v) is 7.48. The van der Waals surface area contributed by atoms with Crippen LogP contribution in [-0.2, 0) is 13.6 Å². The molecule has 0 aliphatic rings. The molecule has 0 bridgehead atoms. The van der Waals surface area contributed by atoms with E-state index in [-0.39, 0.29) is 5.91 Å².